The second-order valence-electron chi connectivity index (χ2n) is 6.28. The molecule has 29 heavy (non-hydrogen) atoms. The van der Waals surface area contributed by atoms with Gasteiger partial charge >= 0.3 is 0 Å². The van der Waals surface area contributed by atoms with E-state index in [1.165, 1.54) is 12.1 Å². The Morgan fingerprint density at radius 1 is 0.931 bits per heavy atom. The number of halogens is 1. The van der Waals surface area contributed by atoms with E-state index in [1.807, 2.05) is 42.5 Å². The summed E-state index contributed by atoms with van der Waals surface area (Å²) in [6, 6.07) is 18.1. The van der Waals surface area contributed by atoms with E-state index >= 15 is 0 Å². The van der Waals surface area contributed by atoms with Crippen molar-refractivity contribution in [3.05, 3.63) is 72.5 Å². The molecule has 0 radical (unpaired) electrons. The lowest BCUT2D eigenvalue weighted by Gasteiger charge is -2.10. The summed E-state index contributed by atoms with van der Waals surface area (Å²) in [6.07, 6.45) is -0.0192. The van der Waals surface area contributed by atoms with Gasteiger partial charge in [-0.3, -0.25) is 4.79 Å². The van der Waals surface area contributed by atoms with Gasteiger partial charge in [0.25, 0.3) is 0 Å². The van der Waals surface area contributed by atoms with E-state index < -0.39 is 15.8 Å². The van der Waals surface area contributed by atoms with Crippen LogP contribution in [0.2, 0.25) is 0 Å². The van der Waals surface area contributed by atoms with Crippen molar-refractivity contribution in [1.29, 1.82) is 0 Å². The fraction of sp³-hybridized carbons (Fsp3) is 0.190. The predicted molar refractivity (Wildman–Crippen MR) is 109 cm³/mol. The van der Waals surface area contributed by atoms with Gasteiger partial charge in [-0.25, -0.2) is 17.5 Å². The number of ether oxygens (including phenoxy) is 1. The Labute approximate surface area is 168 Å². The standard InChI is InChI=1S/C21H21FN2O4S/c22-17-8-10-18(11-9-17)29(26,27)24-13-12-21(25)23-14-15-28-20-7-3-5-16-4-1-2-6-19(16)20/h1-11,24H,12-15H2,(H,23,25). The Hall–Kier alpha value is -2.97. The van der Waals surface area contributed by atoms with Gasteiger partial charge in [-0.1, -0.05) is 36.4 Å². The van der Waals surface area contributed by atoms with Crippen LogP contribution in [-0.2, 0) is 14.8 Å². The maximum atomic E-state index is 12.9. The van der Waals surface area contributed by atoms with Crippen molar-refractivity contribution >= 4 is 26.7 Å². The highest BCUT2D eigenvalue weighted by Gasteiger charge is 2.14. The van der Waals surface area contributed by atoms with E-state index in [0.29, 0.717) is 13.2 Å². The third kappa shape index (κ3) is 5.75. The fourth-order valence-corrected chi connectivity index (χ4v) is 3.79. The van der Waals surface area contributed by atoms with Crippen LogP contribution in [0.5, 0.6) is 5.75 Å². The van der Waals surface area contributed by atoms with Crippen molar-refractivity contribution in [1.82, 2.24) is 10.0 Å². The Morgan fingerprint density at radius 3 is 2.45 bits per heavy atom. The molecule has 3 aromatic carbocycles. The minimum Gasteiger partial charge on any atom is -0.491 e. The molecule has 0 saturated carbocycles. The zero-order valence-corrected chi connectivity index (χ0v) is 16.4. The molecule has 0 spiro atoms. The number of carbonyl (C=O) groups excluding carboxylic acids is 1. The molecule has 1 amide bonds. The minimum atomic E-state index is -3.78. The third-order valence-corrected chi connectivity index (χ3v) is 5.68. The molecule has 0 fully saturated rings. The smallest absolute Gasteiger partial charge is 0.240 e. The van der Waals surface area contributed by atoms with Crippen LogP contribution >= 0.6 is 0 Å². The SMILES string of the molecule is O=C(CCNS(=O)(=O)c1ccc(F)cc1)NCCOc1cccc2ccccc12. The molecule has 6 nitrogen and oxygen atoms in total. The molecule has 0 saturated heterocycles. The maximum absolute atomic E-state index is 12.9. The number of hydrogen-bond acceptors (Lipinski definition) is 4. The molecule has 0 aliphatic carbocycles. The van der Waals surface area contributed by atoms with Gasteiger partial charge in [-0.2, -0.15) is 0 Å². The molecule has 0 aliphatic rings. The third-order valence-electron chi connectivity index (χ3n) is 4.20. The lowest BCUT2D eigenvalue weighted by atomic mass is 10.1. The van der Waals surface area contributed by atoms with Crippen molar-refractivity contribution in [3.63, 3.8) is 0 Å². The number of benzene rings is 3. The van der Waals surface area contributed by atoms with E-state index in [9.17, 15) is 17.6 Å². The predicted octanol–water partition coefficient (Wildman–Crippen LogP) is 2.84. The Balaban J connectivity index is 1.39. The summed E-state index contributed by atoms with van der Waals surface area (Å²) < 4.78 is 45.1. The van der Waals surface area contributed by atoms with E-state index in [2.05, 4.69) is 10.0 Å². The van der Waals surface area contributed by atoms with E-state index in [4.69, 9.17) is 4.74 Å². The largest absolute Gasteiger partial charge is 0.491 e. The molecule has 0 unspecified atom stereocenters. The molecule has 8 heteroatoms. The molecular weight excluding hydrogens is 395 g/mol. The van der Waals surface area contributed by atoms with Crippen LogP contribution in [0, 0.1) is 5.82 Å². The average Bonchev–Trinajstić information content (AvgIpc) is 2.71. The fourth-order valence-electron chi connectivity index (χ4n) is 2.76. The van der Waals surface area contributed by atoms with Gasteiger partial charge in [0.15, 0.2) is 0 Å². The number of sulfonamides is 1. The first kappa shape index (κ1) is 20.8. The van der Waals surface area contributed by atoms with Crippen molar-refractivity contribution in [2.24, 2.45) is 0 Å². The normalized spacial score (nSPS) is 11.3. The van der Waals surface area contributed by atoms with Crippen molar-refractivity contribution in [2.45, 2.75) is 11.3 Å². The number of amides is 1. The molecule has 3 rings (SSSR count). The van der Waals surface area contributed by atoms with Gasteiger partial charge < -0.3 is 10.1 Å². The Bertz CT molecular complexity index is 1080. The van der Waals surface area contributed by atoms with Crippen molar-refractivity contribution in [3.8, 4) is 5.75 Å². The first-order valence-electron chi connectivity index (χ1n) is 9.08. The van der Waals surface area contributed by atoms with Crippen molar-refractivity contribution in [2.75, 3.05) is 19.7 Å². The van der Waals surface area contributed by atoms with E-state index in [1.54, 1.807) is 0 Å². The number of rotatable bonds is 9. The summed E-state index contributed by atoms with van der Waals surface area (Å²) in [5.41, 5.74) is 0. The summed E-state index contributed by atoms with van der Waals surface area (Å²) in [6.45, 7) is 0.531. The summed E-state index contributed by atoms with van der Waals surface area (Å²) in [7, 11) is -3.78. The van der Waals surface area contributed by atoms with Gasteiger partial charge in [-0.05, 0) is 35.7 Å². The van der Waals surface area contributed by atoms with Gasteiger partial charge in [0.2, 0.25) is 15.9 Å². The second kappa shape index (κ2) is 9.49. The number of hydrogen-bond donors (Lipinski definition) is 2. The van der Waals surface area contributed by atoms with Crippen LogP contribution in [0.1, 0.15) is 6.42 Å². The lowest BCUT2D eigenvalue weighted by molar-refractivity contribution is -0.121. The molecule has 3 aromatic rings. The first-order valence-corrected chi connectivity index (χ1v) is 10.6. The molecule has 0 atom stereocenters. The van der Waals surface area contributed by atoms with E-state index in [-0.39, 0.29) is 23.8 Å². The van der Waals surface area contributed by atoms with Crippen LogP contribution in [-0.4, -0.2) is 34.0 Å². The highest BCUT2D eigenvalue weighted by Crippen LogP contribution is 2.24. The Morgan fingerprint density at radius 2 is 1.66 bits per heavy atom. The maximum Gasteiger partial charge on any atom is 0.240 e. The molecule has 2 N–H and O–H groups in total. The van der Waals surface area contributed by atoms with Crippen LogP contribution in [0.25, 0.3) is 10.8 Å². The Kier molecular flexibility index (Phi) is 6.79. The molecule has 0 heterocycles. The lowest BCUT2D eigenvalue weighted by Crippen LogP contribution is -2.32. The number of fused-ring (bicyclic) bond motifs is 1. The molecule has 0 bridgehead atoms. The van der Waals surface area contributed by atoms with Crippen molar-refractivity contribution < 1.29 is 22.3 Å². The van der Waals surface area contributed by atoms with Crippen LogP contribution in [0.15, 0.2) is 71.6 Å². The molecular formula is C21H21FN2O4S. The zero-order valence-electron chi connectivity index (χ0n) is 15.6. The molecule has 152 valence electrons. The minimum absolute atomic E-state index is 0.0192. The number of nitrogens with one attached hydrogen (secondary N) is 2. The van der Waals surface area contributed by atoms with E-state index in [0.717, 1.165) is 28.7 Å². The monoisotopic (exact) mass is 416 g/mol. The molecule has 0 aliphatic heterocycles. The van der Waals surface area contributed by atoms with Gasteiger partial charge in [-0.15, -0.1) is 0 Å². The number of carbonyl (C=O) groups is 1. The van der Waals surface area contributed by atoms with Gasteiger partial charge in [0.05, 0.1) is 11.4 Å². The van der Waals surface area contributed by atoms with Gasteiger partial charge in [0, 0.05) is 18.4 Å². The quantitative estimate of drug-likeness (QED) is 0.526. The van der Waals surface area contributed by atoms with Crippen LogP contribution in [0.3, 0.4) is 0 Å². The van der Waals surface area contributed by atoms with Crippen LogP contribution in [0.4, 0.5) is 4.39 Å². The first-order chi connectivity index (χ1) is 14.0. The van der Waals surface area contributed by atoms with Gasteiger partial charge in [0.1, 0.15) is 18.2 Å². The summed E-state index contributed by atoms with van der Waals surface area (Å²) in [5.74, 6) is -0.0771. The topological polar surface area (TPSA) is 84.5 Å². The summed E-state index contributed by atoms with van der Waals surface area (Å²) in [4.78, 5) is 11.8. The highest BCUT2D eigenvalue weighted by atomic mass is 32.2. The summed E-state index contributed by atoms with van der Waals surface area (Å²) >= 11 is 0. The molecule has 0 aromatic heterocycles. The second-order valence-corrected chi connectivity index (χ2v) is 8.04. The summed E-state index contributed by atoms with van der Waals surface area (Å²) in [5, 5.41) is 4.75. The highest BCUT2D eigenvalue weighted by molar-refractivity contribution is 7.89. The zero-order chi connectivity index (χ0) is 20.7. The van der Waals surface area contributed by atoms with Crippen LogP contribution < -0.4 is 14.8 Å². The average molecular weight is 416 g/mol.